The fourth-order valence-electron chi connectivity index (χ4n) is 3.43. The highest BCUT2D eigenvalue weighted by molar-refractivity contribution is 7.93. The minimum atomic E-state index is -3.99. The van der Waals surface area contributed by atoms with Gasteiger partial charge in [0.15, 0.2) is 11.5 Å². The Morgan fingerprint density at radius 3 is 2.25 bits per heavy atom. The Balaban J connectivity index is 1.81. The number of pyridine rings is 1. The summed E-state index contributed by atoms with van der Waals surface area (Å²) < 4.78 is 41.7. The quantitative estimate of drug-likeness (QED) is 0.351. The van der Waals surface area contributed by atoms with Gasteiger partial charge in [0.1, 0.15) is 12.0 Å². The van der Waals surface area contributed by atoms with E-state index in [2.05, 4.69) is 39.8 Å². The zero-order valence-corrected chi connectivity index (χ0v) is 21.1. The Morgan fingerprint density at radius 2 is 1.67 bits per heavy atom. The summed E-state index contributed by atoms with van der Waals surface area (Å²) in [6, 6.07) is 5.23. The molecule has 4 aromatic heterocycles. The average molecular weight is 512 g/mol. The molecule has 36 heavy (non-hydrogen) atoms. The van der Waals surface area contributed by atoms with Crippen LogP contribution in [0.25, 0.3) is 17.2 Å². The van der Waals surface area contributed by atoms with E-state index in [1.54, 1.807) is 50.6 Å². The normalized spacial score (nSPS) is 13.1. The fraction of sp³-hybridized carbons (Fsp3) is 0.318. The maximum absolute atomic E-state index is 13.5. The number of anilines is 1. The summed E-state index contributed by atoms with van der Waals surface area (Å²) in [6.45, 7) is 5.16. The van der Waals surface area contributed by atoms with Gasteiger partial charge in [-0.2, -0.15) is 9.97 Å². The van der Waals surface area contributed by atoms with Crippen molar-refractivity contribution in [3.05, 3.63) is 54.5 Å². The molecule has 0 aliphatic rings. The molecular weight excluding hydrogens is 486 g/mol. The Kier molecular flexibility index (Phi) is 7.05. The van der Waals surface area contributed by atoms with Crippen LogP contribution in [0.4, 0.5) is 5.95 Å². The van der Waals surface area contributed by atoms with Crippen molar-refractivity contribution < 1.29 is 17.9 Å². The Labute approximate surface area is 208 Å². The summed E-state index contributed by atoms with van der Waals surface area (Å²) in [5, 5.41) is 7.43. The molecule has 4 aromatic rings. The molecule has 4 rings (SSSR count). The monoisotopic (exact) mass is 511 g/mol. The molecule has 0 saturated heterocycles. The predicted octanol–water partition coefficient (Wildman–Crippen LogP) is 2.17. The number of methoxy groups -OCH3 is 2. The molecule has 0 radical (unpaired) electrons. The summed E-state index contributed by atoms with van der Waals surface area (Å²) >= 11 is 0. The van der Waals surface area contributed by atoms with Gasteiger partial charge >= 0.3 is 0 Å². The molecule has 2 atom stereocenters. The molecular formula is C22H25N9O4S. The van der Waals surface area contributed by atoms with Gasteiger partial charge in [0.2, 0.25) is 27.7 Å². The number of nitrogens with one attached hydrogen (secondary N) is 1. The van der Waals surface area contributed by atoms with Crippen molar-refractivity contribution in [2.75, 3.05) is 18.9 Å². The first-order chi connectivity index (χ1) is 17.3. The topological polar surface area (TPSA) is 160 Å². The van der Waals surface area contributed by atoms with Crippen LogP contribution in [-0.2, 0) is 10.0 Å². The van der Waals surface area contributed by atoms with Gasteiger partial charge in [0.25, 0.3) is 0 Å². The van der Waals surface area contributed by atoms with Crippen molar-refractivity contribution in [2.24, 2.45) is 0 Å². The predicted molar refractivity (Wildman–Crippen MR) is 130 cm³/mol. The van der Waals surface area contributed by atoms with Gasteiger partial charge in [-0.05, 0) is 26.0 Å². The Hall–Kier alpha value is -4.20. The molecule has 0 amide bonds. The van der Waals surface area contributed by atoms with Crippen molar-refractivity contribution in [3.8, 4) is 29.0 Å². The van der Waals surface area contributed by atoms with E-state index in [-0.39, 0.29) is 29.2 Å². The molecule has 0 aliphatic heterocycles. The van der Waals surface area contributed by atoms with Crippen molar-refractivity contribution in [3.63, 3.8) is 0 Å². The van der Waals surface area contributed by atoms with Crippen molar-refractivity contribution in [2.45, 2.75) is 31.9 Å². The standard InChI is InChI=1S/C22H25N9O4S/c1-13-10-25-17(11-24-13)14(2)15(3)36(32,33)30-22-29-28-19(16-8-6-7-9-23-16)31(22)18-20(34-4)26-12-27-21(18)35-5/h6-12,14-15H,1-5H3,(H,29,30)/t14-,15-/m0/s1. The van der Waals surface area contributed by atoms with Crippen LogP contribution < -0.4 is 14.2 Å². The minimum absolute atomic E-state index is 0.115. The van der Waals surface area contributed by atoms with E-state index >= 15 is 0 Å². The molecule has 4 heterocycles. The lowest BCUT2D eigenvalue weighted by molar-refractivity contribution is 0.368. The minimum Gasteiger partial charge on any atom is -0.479 e. The van der Waals surface area contributed by atoms with Crippen LogP contribution in [0.15, 0.2) is 43.1 Å². The highest BCUT2D eigenvalue weighted by Gasteiger charge is 2.32. The van der Waals surface area contributed by atoms with Crippen molar-refractivity contribution in [1.82, 2.24) is 39.7 Å². The SMILES string of the molecule is COc1ncnc(OC)c1-n1c(NS(=O)(=O)[C@@H](C)[C@H](C)c2cnc(C)cn2)nnc1-c1ccccn1. The summed E-state index contributed by atoms with van der Waals surface area (Å²) in [5.41, 5.74) is 1.92. The first-order valence-electron chi connectivity index (χ1n) is 10.9. The van der Waals surface area contributed by atoms with Gasteiger partial charge in [0, 0.05) is 24.5 Å². The second-order valence-electron chi connectivity index (χ2n) is 7.86. The summed E-state index contributed by atoms with van der Waals surface area (Å²) in [7, 11) is -1.15. The summed E-state index contributed by atoms with van der Waals surface area (Å²) in [5.74, 6) is -0.112. The van der Waals surface area contributed by atoms with Crippen molar-refractivity contribution >= 4 is 16.0 Å². The molecule has 0 saturated carbocycles. The van der Waals surface area contributed by atoms with Crippen molar-refractivity contribution in [1.29, 1.82) is 0 Å². The number of rotatable bonds is 9. The summed E-state index contributed by atoms with van der Waals surface area (Å²) in [6.07, 6.45) is 6.02. The zero-order chi connectivity index (χ0) is 25.9. The van der Waals surface area contributed by atoms with E-state index < -0.39 is 21.2 Å². The van der Waals surface area contributed by atoms with E-state index in [1.165, 1.54) is 25.1 Å². The van der Waals surface area contributed by atoms with Gasteiger partial charge < -0.3 is 9.47 Å². The third kappa shape index (κ3) is 4.79. The maximum Gasteiger partial charge on any atom is 0.245 e. The fourth-order valence-corrected chi connectivity index (χ4v) is 4.68. The van der Waals surface area contributed by atoms with Crippen LogP contribution in [-0.4, -0.2) is 67.6 Å². The maximum atomic E-state index is 13.5. The molecule has 0 bridgehead atoms. The lowest BCUT2D eigenvalue weighted by atomic mass is 10.1. The molecule has 14 heteroatoms. The first kappa shape index (κ1) is 24.9. The number of ether oxygens (including phenoxy) is 2. The summed E-state index contributed by atoms with van der Waals surface area (Å²) in [4.78, 5) is 21.2. The molecule has 13 nitrogen and oxygen atoms in total. The lowest BCUT2D eigenvalue weighted by Gasteiger charge is -2.21. The van der Waals surface area contributed by atoms with E-state index in [0.717, 1.165) is 5.69 Å². The number of hydrogen-bond acceptors (Lipinski definition) is 11. The van der Waals surface area contributed by atoms with Crippen LogP contribution in [0, 0.1) is 6.92 Å². The van der Waals surface area contributed by atoms with Crippen LogP contribution in [0.3, 0.4) is 0 Å². The molecule has 188 valence electrons. The second-order valence-corrected chi connectivity index (χ2v) is 9.90. The van der Waals surface area contributed by atoms with Crippen LogP contribution in [0.1, 0.15) is 31.2 Å². The first-order valence-corrected chi connectivity index (χ1v) is 12.4. The van der Waals surface area contributed by atoms with Crippen LogP contribution in [0.2, 0.25) is 0 Å². The average Bonchev–Trinajstić information content (AvgIpc) is 3.30. The van der Waals surface area contributed by atoms with Crippen LogP contribution in [0.5, 0.6) is 11.8 Å². The third-order valence-electron chi connectivity index (χ3n) is 5.62. The van der Waals surface area contributed by atoms with Gasteiger partial charge in [-0.15, -0.1) is 10.2 Å². The zero-order valence-electron chi connectivity index (χ0n) is 20.3. The molecule has 0 fully saturated rings. The van der Waals surface area contributed by atoms with E-state index in [1.807, 2.05) is 6.92 Å². The Morgan fingerprint density at radius 1 is 0.944 bits per heavy atom. The number of nitrogens with zero attached hydrogens (tertiary/aromatic N) is 8. The smallest absolute Gasteiger partial charge is 0.245 e. The van der Waals surface area contributed by atoms with Gasteiger partial charge in [-0.3, -0.25) is 19.7 Å². The van der Waals surface area contributed by atoms with Crippen LogP contribution >= 0.6 is 0 Å². The molecule has 0 spiro atoms. The van der Waals surface area contributed by atoms with E-state index in [0.29, 0.717) is 11.4 Å². The van der Waals surface area contributed by atoms with Gasteiger partial charge in [0.05, 0.1) is 30.9 Å². The Bertz CT molecular complexity index is 1420. The molecule has 1 N–H and O–H groups in total. The third-order valence-corrected chi connectivity index (χ3v) is 7.47. The van der Waals surface area contributed by atoms with E-state index in [9.17, 15) is 8.42 Å². The van der Waals surface area contributed by atoms with Gasteiger partial charge in [-0.25, -0.2) is 13.0 Å². The number of hydrogen-bond donors (Lipinski definition) is 1. The molecule has 0 aliphatic carbocycles. The number of sulfonamides is 1. The second kappa shape index (κ2) is 10.2. The van der Waals surface area contributed by atoms with E-state index in [4.69, 9.17) is 9.47 Å². The lowest BCUT2D eigenvalue weighted by Crippen LogP contribution is -2.31. The highest BCUT2D eigenvalue weighted by atomic mass is 32.2. The number of aryl methyl sites for hydroxylation is 1. The molecule has 0 unspecified atom stereocenters. The van der Waals surface area contributed by atoms with Gasteiger partial charge in [-0.1, -0.05) is 13.0 Å². The largest absolute Gasteiger partial charge is 0.479 e. The molecule has 0 aromatic carbocycles. The number of aromatic nitrogens is 8. The highest BCUT2D eigenvalue weighted by Crippen LogP contribution is 2.35.